The Kier molecular flexibility index (Phi) is 10.2. The third kappa shape index (κ3) is 8.21. The Morgan fingerprint density at radius 3 is 2.42 bits per heavy atom. The van der Waals surface area contributed by atoms with Crippen LogP contribution in [-0.4, -0.2) is 50.0 Å². The largest absolute Gasteiger partial charge is 0.352 e. The number of sulfonamides is 1. The first-order valence-corrected chi connectivity index (χ1v) is 15.1. The first-order chi connectivity index (χ1) is 17.0. The van der Waals surface area contributed by atoms with E-state index in [0.29, 0.717) is 17.1 Å². The lowest BCUT2D eigenvalue weighted by molar-refractivity contribution is -0.141. The number of halogens is 2. The number of nitrogens with zero attached hydrogens (tertiary/aromatic N) is 2. The lowest BCUT2D eigenvalue weighted by atomic mass is 10.1. The first-order valence-electron chi connectivity index (χ1n) is 12.1. The summed E-state index contributed by atoms with van der Waals surface area (Å²) in [6.45, 7) is 2.17. The van der Waals surface area contributed by atoms with E-state index in [1.165, 1.54) is 4.31 Å². The first kappa shape index (κ1) is 28.5. The maximum Gasteiger partial charge on any atom is 0.242 e. The van der Waals surface area contributed by atoms with Crippen molar-refractivity contribution in [2.45, 2.75) is 64.1 Å². The molecule has 1 aliphatic carbocycles. The van der Waals surface area contributed by atoms with Crippen LogP contribution in [0, 0.1) is 0 Å². The maximum absolute atomic E-state index is 13.4. The molecule has 1 fully saturated rings. The van der Waals surface area contributed by atoms with Crippen molar-refractivity contribution in [3.8, 4) is 0 Å². The highest BCUT2D eigenvalue weighted by atomic mass is 79.9. The summed E-state index contributed by atoms with van der Waals surface area (Å²) in [5.41, 5.74) is 1.39. The zero-order valence-electron chi connectivity index (χ0n) is 20.6. The molecule has 7 nitrogen and oxygen atoms in total. The van der Waals surface area contributed by atoms with Crippen molar-refractivity contribution < 1.29 is 18.0 Å². The Balaban J connectivity index is 1.71. The van der Waals surface area contributed by atoms with E-state index in [2.05, 4.69) is 21.2 Å². The van der Waals surface area contributed by atoms with Crippen LogP contribution < -0.4 is 9.62 Å². The second-order valence-electron chi connectivity index (χ2n) is 9.23. The van der Waals surface area contributed by atoms with Gasteiger partial charge in [-0.15, -0.1) is 0 Å². The number of hydrogen-bond donors (Lipinski definition) is 1. The summed E-state index contributed by atoms with van der Waals surface area (Å²) >= 11 is 9.41. The van der Waals surface area contributed by atoms with Crippen LogP contribution in [0.3, 0.4) is 0 Å². The Bertz CT molecular complexity index is 1150. The van der Waals surface area contributed by atoms with Gasteiger partial charge in [-0.1, -0.05) is 52.5 Å². The number of anilines is 1. The molecule has 0 heterocycles. The molecule has 0 saturated heterocycles. The molecule has 0 aliphatic heterocycles. The number of carbonyl (C=O) groups is 2. The zero-order chi connectivity index (χ0) is 26.3. The van der Waals surface area contributed by atoms with Gasteiger partial charge in [-0.2, -0.15) is 0 Å². The molecule has 1 atom stereocenters. The van der Waals surface area contributed by atoms with Gasteiger partial charge in [0.05, 0.1) is 11.9 Å². The van der Waals surface area contributed by atoms with E-state index in [1.807, 2.05) is 24.3 Å². The molecule has 36 heavy (non-hydrogen) atoms. The van der Waals surface area contributed by atoms with Crippen LogP contribution in [0.5, 0.6) is 0 Å². The number of nitrogens with one attached hydrogen (secondary N) is 1. The molecule has 1 aliphatic rings. The highest BCUT2D eigenvalue weighted by Crippen LogP contribution is 2.22. The van der Waals surface area contributed by atoms with Gasteiger partial charge < -0.3 is 10.2 Å². The van der Waals surface area contributed by atoms with Crippen LogP contribution in [0.1, 0.15) is 51.0 Å². The molecule has 0 spiro atoms. The minimum Gasteiger partial charge on any atom is -0.352 e. The predicted octanol–water partition coefficient (Wildman–Crippen LogP) is 5.12. The van der Waals surface area contributed by atoms with Crippen molar-refractivity contribution in [3.05, 3.63) is 63.6 Å². The average molecular weight is 599 g/mol. The van der Waals surface area contributed by atoms with E-state index in [4.69, 9.17) is 11.6 Å². The fourth-order valence-electron chi connectivity index (χ4n) is 4.42. The number of amides is 2. The molecular formula is C26H33BrClN3O4S. The standard InChI is InChI=1S/C26H33BrClN3O4S/c1-19(26(33)29-23-9-3-4-10-23)30(18-20-7-5-8-21(27)17-20)25(32)11-6-16-31(36(2,34)35)24-14-12-22(28)13-15-24/h5,7-8,12-15,17,19,23H,3-4,6,9-11,16,18H2,1-2H3,(H,29,33). The summed E-state index contributed by atoms with van der Waals surface area (Å²) in [5.74, 6) is -0.363. The average Bonchev–Trinajstić information content (AvgIpc) is 3.33. The van der Waals surface area contributed by atoms with Crippen molar-refractivity contribution in [1.29, 1.82) is 0 Å². The van der Waals surface area contributed by atoms with Crippen LogP contribution >= 0.6 is 27.5 Å². The lowest BCUT2D eigenvalue weighted by Gasteiger charge is -2.30. The van der Waals surface area contributed by atoms with Gasteiger partial charge in [0.25, 0.3) is 0 Å². The molecule has 196 valence electrons. The normalized spacial score (nSPS) is 14.9. The third-order valence-electron chi connectivity index (χ3n) is 6.38. The smallest absolute Gasteiger partial charge is 0.242 e. The number of carbonyl (C=O) groups excluding carboxylic acids is 2. The SMILES string of the molecule is CC(C(=O)NC1CCCC1)N(Cc1cccc(Br)c1)C(=O)CCCN(c1ccc(Cl)cc1)S(C)(=O)=O. The van der Waals surface area contributed by atoms with Gasteiger partial charge >= 0.3 is 0 Å². The van der Waals surface area contributed by atoms with Crippen molar-refractivity contribution in [2.75, 3.05) is 17.1 Å². The van der Waals surface area contributed by atoms with E-state index in [-0.39, 0.29) is 37.4 Å². The molecule has 0 aromatic heterocycles. The molecule has 1 N–H and O–H groups in total. The molecule has 0 radical (unpaired) electrons. The number of rotatable bonds is 11. The number of hydrogen-bond acceptors (Lipinski definition) is 4. The summed E-state index contributed by atoms with van der Waals surface area (Å²) in [6.07, 6.45) is 5.68. The van der Waals surface area contributed by atoms with Crippen molar-refractivity contribution >= 4 is 55.1 Å². The van der Waals surface area contributed by atoms with Gasteiger partial charge in [-0.25, -0.2) is 8.42 Å². The Morgan fingerprint density at radius 1 is 1.14 bits per heavy atom. The Labute approximate surface area is 227 Å². The highest BCUT2D eigenvalue weighted by molar-refractivity contribution is 9.10. The van der Waals surface area contributed by atoms with Gasteiger partial charge in [0.15, 0.2) is 0 Å². The van der Waals surface area contributed by atoms with Crippen LogP contribution in [-0.2, 0) is 26.2 Å². The van der Waals surface area contributed by atoms with E-state index < -0.39 is 16.1 Å². The van der Waals surface area contributed by atoms with Crippen LogP contribution in [0.25, 0.3) is 0 Å². The second-order valence-corrected chi connectivity index (χ2v) is 12.5. The van der Waals surface area contributed by atoms with Gasteiger partial charge in [-0.05, 0) is 68.1 Å². The lowest BCUT2D eigenvalue weighted by Crippen LogP contribution is -2.49. The molecule has 1 unspecified atom stereocenters. The topological polar surface area (TPSA) is 86.8 Å². The van der Waals surface area contributed by atoms with E-state index in [0.717, 1.165) is 42.0 Å². The van der Waals surface area contributed by atoms with Gasteiger partial charge in [0, 0.05) is 35.0 Å². The summed E-state index contributed by atoms with van der Waals surface area (Å²) < 4.78 is 27.0. The molecule has 1 saturated carbocycles. The molecule has 10 heteroatoms. The molecule has 3 rings (SSSR count). The monoisotopic (exact) mass is 597 g/mol. The highest BCUT2D eigenvalue weighted by Gasteiger charge is 2.28. The minimum absolute atomic E-state index is 0.106. The molecule has 2 amide bonds. The molecular weight excluding hydrogens is 566 g/mol. The van der Waals surface area contributed by atoms with Crippen molar-refractivity contribution in [3.63, 3.8) is 0 Å². The molecule has 2 aromatic carbocycles. The molecule has 2 aromatic rings. The van der Waals surface area contributed by atoms with Crippen LogP contribution in [0.2, 0.25) is 5.02 Å². The number of benzene rings is 2. The second kappa shape index (κ2) is 12.9. The van der Waals surface area contributed by atoms with E-state index >= 15 is 0 Å². The fourth-order valence-corrected chi connectivity index (χ4v) is 5.96. The summed E-state index contributed by atoms with van der Waals surface area (Å²) in [5, 5.41) is 3.60. The minimum atomic E-state index is -3.55. The van der Waals surface area contributed by atoms with Gasteiger partial charge in [0.2, 0.25) is 21.8 Å². The van der Waals surface area contributed by atoms with E-state index in [9.17, 15) is 18.0 Å². The molecule has 0 bridgehead atoms. The predicted molar refractivity (Wildman–Crippen MR) is 147 cm³/mol. The van der Waals surface area contributed by atoms with Crippen LogP contribution in [0.15, 0.2) is 53.0 Å². The van der Waals surface area contributed by atoms with Crippen LogP contribution in [0.4, 0.5) is 5.69 Å². The summed E-state index contributed by atoms with van der Waals surface area (Å²) in [6, 6.07) is 13.7. The zero-order valence-corrected chi connectivity index (χ0v) is 23.8. The fraction of sp³-hybridized carbons (Fsp3) is 0.462. The summed E-state index contributed by atoms with van der Waals surface area (Å²) in [7, 11) is -3.55. The van der Waals surface area contributed by atoms with E-state index in [1.54, 1.807) is 36.1 Å². The Morgan fingerprint density at radius 2 is 1.81 bits per heavy atom. The maximum atomic E-state index is 13.4. The summed E-state index contributed by atoms with van der Waals surface area (Å²) in [4.78, 5) is 28.0. The van der Waals surface area contributed by atoms with Crippen molar-refractivity contribution in [2.24, 2.45) is 0 Å². The van der Waals surface area contributed by atoms with Crippen molar-refractivity contribution in [1.82, 2.24) is 10.2 Å². The third-order valence-corrected chi connectivity index (χ3v) is 8.32. The van der Waals surface area contributed by atoms with Gasteiger partial charge in [0.1, 0.15) is 6.04 Å². The van der Waals surface area contributed by atoms with Gasteiger partial charge in [-0.3, -0.25) is 13.9 Å². The Hall–Kier alpha value is -2.10. The quantitative estimate of drug-likeness (QED) is 0.389.